The number of benzene rings is 2. The van der Waals surface area contributed by atoms with Crippen molar-refractivity contribution in [1.29, 1.82) is 0 Å². The summed E-state index contributed by atoms with van der Waals surface area (Å²) < 4.78 is 26.6. The summed E-state index contributed by atoms with van der Waals surface area (Å²) in [5, 5.41) is 12.4. The lowest BCUT2D eigenvalue weighted by molar-refractivity contribution is -0.119. The molecule has 2 aromatic carbocycles. The van der Waals surface area contributed by atoms with Gasteiger partial charge in [-0.2, -0.15) is 0 Å². The average molecular weight is 498 g/mol. The van der Waals surface area contributed by atoms with Gasteiger partial charge in [0.1, 0.15) is 0 Å². The Kier molecular flexibility index (Phi) is 5.68. The van der Waals surface area contributed by atoms with Crippen LogP contribution in [0, 0.1) is 13.8 Å². The number of hydrogen-bond donors (Lipinski definition) is 1. The number of aryl methyl sites for hydroxylation is 2. The third-order valence-electron chi connectivity index (χ3n) is 5.92. The van der Waals surface area contributed by atoms with Gasteiger partial charge >= 0.3 is 0 Å². The van der Waals surface area contributed by atoms with Gasteiger partial charge < -0.3 is 5.32 Å². The first-order chi connectivity index (χ1) is 16.2. The van der Waals surface area contributed by atoms with E-state index in [1.165, 1.54) is 11.8 Å². The molecule has 0 spiro atoms. The van der Waals surface area contributed by atoms with Gasteiger partial charge in [-0.3, -0.25) is 14.0 Å². The molecule has 0 bridgehead atoms. The molecule has 2 aromatic heterocycles. The van der Waals surface area contributed by atoms with E-state index in [9.17, 15) is 18.0 Å². The fourth-order valence-corrected chi connectivity index (χ4v) is 6.78. The minimum absolute atomic E-state index is 0.0237. The third kappa shape index (κ3) is 4.09. The highest BCUT2D eigenvalue weighted by Gasteiger charge is 2.29. The summed E-state index contributed by atoms with van der Waals surface area (Å²) >= 11 is 1.19. The van der Waals surface area contributed by atoms with E-state index in [-0.39, 0.29) is 34.8 Å². The van der Waals surface area contributed by atoms with Crippen LogP contribution < -0.4 is 10.9 Å². The van der Waals surface area contributed by atoms with Gasteiger partial charge in [0, 0.05) is 6.04 Å². The molecule has 1 aliphatic heterocycles. The maximum Gasteiger partial charge on any atom is 0.267 e. The standard InChI is InChI=1S/C23H23N5O4S2/c1-14-7-8-18(15(2)11-14)27-21(30)17-5-3-4-6-19(17)28-22(27)25-26-23(28)33-12-20(29)24-16-9-10-34(31,32)13-16/h3-8,11,16H,9-10,12-13H2,1-2H3,(H,24,29)/t16-/m1/s1. The van der Waals surface area contributed by atoms with Gasteiger partial charge in [-0.15, -0.1) is 10.2 Å². The topological polar surface area (TPSA) is 115 Å². The SMILES string of the molecule is Cc1ccc(-n2c(=O)c3ccccc3n3c(SCC(=O)N[C@@H]4CCS(=O)(=O)C4)nnc23)c(C)c1. The van der Waals surface area contributed by atoms with E-state index in [0.29, 0.717) is 28.3 Å². The number of fused-ring (bicyclic) bond motifs is 3. The second-order valence-corrected chi connectivity index (χ2v) is 11.7. The van der Waals surface area contributed by atoms with Gasteiger partial charge in [0.2, 0.25) is 11.7 Å². The maximum atomic E-state index is 13.5. The Balaban J connectivity index is 1.54. The fraction of sp³-hybridized carbons (Fsp3) is 0.304. The van der Waals surface area contributed by atoms with Crippen molar-refractivity contribution in [2.75, 3.05) is 17.3 Å². The highest BCUT2D eigenvalue weighted by molar-refractivity contribution is 7.99. The molecule has 1 aliphatic rings. The second-order valence-electron chi connectivity index (χ2n) is 8.52. The first kappa shape index (κ1) is 22.6. The molecule has 1 fully saturated rings. The van der Waals surface area contributed by atoms with Crippen molar-refractivity contribution in [3.05, 3.63) is 63.9 Å². The molecular formula is C23H23N5O4S2. The normalized spacial score (nSPS) is 17.4. The molecule has 0 unspecified atom stereocenters. The number of carbonyl (C=O) groups excluding carboxylic acids is 1. The van der Waals surface area contributed by atoms with Gasteiger partial charge in [0.25, 0.3) is 5.56 Å². The highest BCUT2D eigenvalue weighted by atomic mass is 32.2. The molecule has 5 rings (SSSR count). The van der Waals surface area contributed by atoms with E-state index < -0.39 is 9.84 Å². The van der Waals surface area contributed by atoms with Gasteiger partial charge in [-0.25, -0.2) is 13.0 Å². The molecular weight excluding hydrogens is 474 g/mol. The van der Waals surface area contributed by atoms with E-state index in [2.05, 4.69) is 15.5 Å². The number of carbonyl (C=O) groups is 1. The van der Waals surface area contributed by atoms with Crippen LogP contribution in [-0.4, -0.2) is 56.8 Å². The van der Waals surface area contributed by atoms with Crippen LogP contribution in [0.5, 0.6) is 0 Å². The van der Waals surface area contributed by atoms with Crippen molar-refractivity contribution >= 4 is 44.2 Å². The highest BCUT2D eigenvalue weighted by Crippen LogP contribution is 2.24. The summed E-state index contributed by atoms with van der Waals surface area (Å²) in [4.78, 5) is 25.9. The molecule has 34 heavy (non-hydrogen) atoms. The zero-order chi connectivity index (χ0) is 24.0. The van der Waals surface area contributed by atoms with Crippen LogP contribution in [0.3, 0.4) is 0 Å². The van der Waals surface area contributed by atoms with Gasteiger partial charge in [-0.05, 0) is 44.0 Å². The van der Waals surface area contributed by atoms with Crippen molar-refractivity contribution in [2.45, 2.75) is 31.5 Å². The van der Waals surface area contributed by atoms with Crippen LogP contribution in [-0.2, 0) is 14.6 Å². The van der Waals surface area contributed by atoms with Crippen LogP contribution in [0.15, 0.2) is 52.4 Å². The third-order valence-corrected chi connectivity index (χ3v) is 8.61. The monoisotopic (exact) mass is 497 g/mol. The van der Waals surface area contributed by atoms with Gasteiger partial charge in [0.15, 0.2) is 15.0 Å². The zero-order valence-electron chi connectivity index (χ0n) is 18.7. The minimum Gasteiger partial charge on any atom is -0.352 e. The van der Waals surface area contributed by atoms with Crippen molar-refractivity contribution < 1.29 is 13.2 Å². The molecule has 1 saturated heterocycles. The molecule has 0 saturated carbocycles. The lowest BCUT2D eigenvalue weighted by Crippen LogP contribution is -2.36. The van der Waals surface area contributed by atoms with Crippen LogP contribution in [0.1, 0.15) is 17.5 Å². The summed E-state index contributed by atoms with van der Waals surface area (Å²) in [6, 6.07) is 12.7. The number of aromatic nitrogens is 4. The zero-order valence-corrected chi connectivity index (χ0v) is 20.3. The molecule has 1 atom stereocenters. The molecule has 0 radical (unpaired) electrons. The molecule has 11 heteroatoms. The van der Waals surface area contributed by atoms with Gasteiger partial charge in [0.05, 0.1) is 33.8 Å². The Morgan fingerprint density at radius 2 is 1.97 bits per heavy atom. The average Bonchev–Trinajstić information content (AvgIpc) is 3.36. The van der Waals surface area contributed by atoms with Crippen LogP contribution in [0.25, 0.3) is 22.4 Å². The number of amides is 1. The van der Waals surface area contributed by atoms with Gasteiger partial charge in [-0.1, -0.05) is 41.6 Å². The quantitative estimate of drug-likeness (QED) is 0.420. The molecule has 1 N–H and O–H groups in total. The smallest absolute Gasteiger partial charge is 0.267 e. The Hall–Kier alpha value is -3.18. The van der Waals surface area contributed by atoms with E-state index >= 15 is 0 Å². The first-order valence-corrected chi connectivity index (χ1v) is 13.6. The predicted octanol–water partition coefficient (Wildman–Crippen LogP) is 2.05. The van der Waals surface area contributed by atoms with Crippen molar-refractivity contribution in [3.63, 3.8) is 0 Å². The number of nitrogens with one attached hydrogen (secondary N) is 1. The summed E-state index contributed by atoms with van der Waals surface area (Å²) in [5.41, 5.74) is 3.19. The summed E-state index contributed by atoms with van der Waals surface area (Å²) in [6.45, 7) is 3.94. The maximum absolute atomic E-state index is 13.5. The number of para-hydroxylation sites is 1. The number of rotatable bonds is 5. The Morgan fingerprint density at radius 3 is 2.71 bits per heavy atom. The van der Waals surface area contributed by atoms with Crippen LogP contribution >= 0.6 is 11.8 Å². The Labute approximate surface area is 200 Å². The Morgan fingerprint density at radius 1 is 1.18 bits per heavy atom. The van der Waals surface area contributed by atoms with Crippen molar-refractivity contribution in [1.82, 2.24) is 24.5 Å². The summed E-state index contributed by atoms with van der Waals surface area (Å²) in [7, 11) is -3.07. The molecule has 0 aliphatic carbocycles. The molecule has 3 heterocycles. The predicted molar refractivity (Wildman–Crippen MR) is 131 cm³/mol. The number of hydrogen-bond acceptors (Lipinski definition) is 7. The van der Waals surface area contributed by atoms with E-state index in [0.717, 1.165) is 16.8 Å². The Bertz CT molecular complexity index is 1610. The number of thioether (sulfide) groups is 1. The van der Waals surface area contributed by atoms with E-state index in [1.54, 1.807) is 15.0 Å². The van der Waals surface area contributed by atoms with E-state index in [1.807, 2.05) is 50.2 Å². The van der Waals surface area contributed by atoms with Crippen LogP contribution in [0.4, 0.5) is 0 Å². The molecule has 1 amide bonds. The minimum atomic E-state index is -3.07. The lowest BCUT2D eigenvalue weighted by Gasteiger charge is -2.14. The van der Waals surface area contributed by atoms with E-state index in [4.69, 9.17) is 0 Å². The summed E-state index contributed by atoms with van der Waals surface area (Å²) in [5.74, 6) is 0.219. The first-order valence-electron chi connectivity index (χ1n) is 10.8. The van der Waals surface area contributed by atoms with Crippen molar-refractivity contribution in [2.24, 2.45) is 0 Å². The lowest BCUT2D eigenvalue weighted by atomic mass is 10.1. The summed E-state index contributed by atoms with van der Waals surface area (Å²) in [6.07, 6.45) is 0.430. The van der Waals surface area contributed by atoms with Crippen molar-refractivity contribution in [3.8, 4) is 5.69 Å². The fourth-order valence-electron chi connectivity index (χ4n) is 4.35. The second kappa shape index (κ2) is 8.55. The molecule has 9 nitrogen and oxygen atoms in total. The molecule has 4 aromatic rings. The largest absolute Gasteiger partial charge is 0.352 e. The number of sulfone groups is 1. The molecule has 176 valence electrons. The number of nitrogens with zero attached hydrogens (tertiary/aromatic N) is 4. The van der Waals surface area contributed by atoms with Crippen LogP contribution in [0.2, 0.25) is 0 Å².